The molecule has 138 valence electrons. The van der Waals surface area contributed by atoms with Crippen molar-refractivity contribution in [1.29, 1.82) is 0 Å². The molecule has 0 saturated carbocycles. The van der Waals surface area contributed by atoms with Crippen molar-refractivity contribution >= 4 is 21.6 Å². The van der Waals surface area contributed by atoms with E-state index in [9.17, 15) is 4.79 Å². The number of aryl methyl sites for hydroxylation is 2. The summed E-state index contributed by atoms with van der Waals surface area (Å²) in [5.74, 6) is 1.82. The van der Waals surface area contributed by atoms with Crippen molar-refractivity contribution in [2.24, 2.45) is 0 Å². The van der Waals surface area contributed by atoms with Gasteiger partial charge in [0.05, 0.1) is 32.8 Å². The Kier molecular flexibility index (Phi) is 5.29. The zero-order chi connectivity index (χ0) is 18.8. The molecule has 0 radical (unpaired) electrons. The maximum atomic E-state index is 13.2. The summed E-state index contributed by atoms with van der Waals surface area (Å²) < 4.78 is 17.6. The molecule has 0 N–H and O–H groups in total. The van der Waals surface area contributed by atoms with E-state index in [1.54, 1.807) is 37.2 Å². The summed E-state index contributed by atoms with van der Waals surface area (Å²) in [6.07, 6.45) is 0. The van der Waals surface area contributed by atoms with E-state index in [-0.39, 0.29) is 5.56 Å². The van der Waals surface area contributed by atoms with Crippen LogP contribution in [0.15, 0.2) is 23.0 Å². The standard InChI is InChI=1S/C19H22N2O4S/c1-11-12(2)26-18-16(11)19(22)21(8-9-23-3)17(20-18)13-6-7-14(24-4)15(10-13)25-5/h6-7,10H,8-9H2,1-5H3. The van der Waals surface area contributed by atoms with Crippen molar-refractivity contribution in [3.8, 4) is 22.9 Å². The van der Waals surface area contributed by atoms with Gasteiger partial charge >= 0.3 is 0 Å². The van der Waals surface area contributed by atoms with Gasteiger partial charge in [-0.05, 0) is 37.6 Å². The Hall–Kier alpha value is -2.38. The fourth-order valence-corrected chi connectivity index (χ4v) is 3.93. The first kappa shape index (κ1) is 18.4. The molecule has 0 amide bonds. The minimum absolute atomic E-state index is 0.0429. The number of nitrogens with zero attached hydrogens (tertiary/aromatic N) is 2. The number of benzene rings is 1. The molecule has 2 aromatic heterocycles. The van der Waals surface area contributed by atoms with E-state index >= 15 is 0 Å². The predicted octanol–water partition coefficient (Wildman–Crippen LogP) is 3.41. The zero-order valence-electron chi connectivity index (χ0n) is 15.6. The summed E-state index contributed by atoms with van der Waals surface area (Å²) in [7, 11) is 4.79. The molecule has 0 bridgehead atoms. The topological polar surface area (TPSA) is 62.6 Å². The molecule has 3 aromatic rings. The lowest BCUT2D eigenvalue weighted by Gasteiger charge is -2.14. The van der Waals surface area contributed by atoms with Gasteiger partial charge in [-0.3, -0.25) is 9.36 Å². The third-order valence-corrected chi connectivity index (χ3v) is 5.55. The maximum Gasteiger partial charge on any atom is 0.262 e. The highest BCUT2D eigenvalue weighted by molar-refractivity contribution is 7.18. The van der Waals surface area contributed by atoms with Crippen molar-refractivity contribution in [3.05, 3.63) is 39.0 Å². The van der Waals surface area contributed by atoms with Gasteiger partial charge in [-0.2, -0.15) is 0 Å². The lowest BCUT2D eigenvalue weighted by molar-refractivity contribution is 0.186. The Labute approximate surface area is 156 Å². The van der Waals surface area contributed by atoms with E-state index in [0.717, 1.165) is 20.8 Å². The van der Waals surface area contributed by atoms with Gasteiger partial charge in [0.15, 0.2) is 11.5 Å². The van der Waals surface area contributed by atoms with Crippen LogP contribution in [0, 0.1) is 13.8 Å². The lowest BCUT2D eigenvalue weighted by Crippen LogP contribution is -2.25. The Morgan fingerprint density at radius 3 is 2.50 bits per heavy atom. The molecule has 0 aliphatic carbocycles. The molecule has 0 atom stereocenters. The van der Waals surface area contributed by atoms with Gasteiger partial charge in [0.25, 0.3) is 5.56 Å². The first-order valence-corrected chi connectivity index (χ1v) is 9.05. The average Bonchev–Trinajstić information content (AvgIpc) is 2.94. The second kappa shape index (κ2) is 7.47. The molecular formula is C19H22N2O4S. The van der Waals surface area contributed by atoms with Crippen molar-refractivity contribution in [2.45, 2.75) is 20.4 Å². The highest BCUT2D eigenvalue weighted by atomic mass is 32.1. The largest absolute Gasteiger partial charge is 0.493 e. The number of aromatic nitrogens is 2. The SMILES string of the molecule is COCCn1c(-c2ccc(OC)c(OC)c2)nc2sc(C)c(C)c2c1=O. The smallest absolute Gasteiger partial charge is 0.262 e. The molecule has 26 heavy (non-hydrogen) atoms. The van der Waals surface area contributed by atoms with Crippen molar-refractivity contribution in [1.82, 2.24) is 9.55 Å². The van der Waals surface area contributed by atoms with E-state index in [1.165, 1.54) is 0 Å². The van der Waals surface area contributed by atoms with Crippen molar-refractivity contribution < 1.29 is 14.2 Å². The monoisotopic (exact) mass is 374 g/mol. The number of thiophene rings is 1. The van der Waals surface area contributed by atoms with E-state index in [0.29, 0.717) is 35.9 Å². The summed E-state index contributed by atoms with van der Waals surface area (Å²) in [4.78, 5) is 19.8. The Bertz CT molecular complexity index is 1010. The molecule has 0 spiro atoms. The van der Waals surface area contributed by atoms with Crippen LogP contribution in [0.3, 0.4) is 0 Å². The molecule has 1 aromatic carbocycles. The van der Waals surface area contributed by atoms with Crippen molar-refractivity contribution in [3.63, 3.8) is 0 Å². The van der Waals surface area contributed by atoms with Crippen LogP contribution in [0.5, 0.6) is 11.5 Å². The number of hydrogen-bond acceptors (Lipinski definition) is 6. The molecule has 0 fully saturated rings. The number of rotatable bonds is 6. The summed E-state index contributed by atoms with van der Waals surface area (Å²) in [6.45, 7) is 4.83. The zero-order valence-corrected chi connectivity index (χ0v) is 16.4. The Morgan fingerprint density at radius 1 is 1.12 bits per heavy atom. The van der Waals surface area contributed by atoms with Gasteiger partial charge < -0.3 is 14.2 Å². The molecule has 0 saturated heterocycles. The van der Waals surface area contributed by atoms with Crippen LogP contribution in [0.2, 0.25) is 0 Å². The first-order chi connectivity index (χ1) is 12.5. The molecule has 0 aliphatic rings. The second-order valence-electron chi connectivity index (χ2n) is 5.92. The average molecular weight is 374 g/mol. The predicted molar refractivity (Wildman–Crippen MR) is 104 cm³/mol. The molecule has 0 aliphatic heterocycles. The number of methoxy groups -OCH3 is 3. The number of fused-ring (bicyclic) bond motifs is 1. The fraction of sp³-hybridized carbons (Fsp3) is 0.368. The van der Waals surface area contributed by atoms with Crippen LogP contribution in [0.25, 0.3) is 21.6 Å². The highest BCUT2D eigenvalue weighted by Crippen LogP contribution is 2.33. The van der Waals surface area contributed by atoms with E-state index in [4.69, 9.17) is 19.2 Å². The molecule has 0 unspecified atom stereocenters. The minimum atomic E-state index is -0.0429. The van der Waals surface area contributed by atoms with Gasteiger partial charge in [0.1, 0.15) is 10.7 Å². The lowest BCUT2D eigenvalue weighted by atomic mass is 10.1. The van der Waals surface area contributed by atoms with Crippen LogP contribution in [0.1, 0.15) is 10.4 Å². The van der Waals surface area contributed by atoms with Crippen LogP contribution in [-0.4, -0.2) is 37.5 Å². The fourth-order valence-electron chi connectivity index (χ4n) is 2.91. The van der Waals surface area contributed by atoms with Gasteiger partial charge in [-0.15, -0.1) is 11.3 Å². The first-order valence-electron chi connectivity index (χ1n) is 8.23. The third kappa shape index (κ3) is 3.08. The third-order valence-electron chi connectivity index (χ3n) is 4.45. The maximum absolute atomic E-state index is 13.2. The second-order valence-corrected chi connectivity index (χ2v) is 7.12. The van der Waals surface area contributed by atoms with Gasteiger partial charge in [0.2, 0.25) is 0 Å². The Morgan fingerprint density at radius 2 is 1.85 bits per heavy atom. The van der Waals surface area contributed by atoms with E-state index in [1.807, 2.05) is 32.0 Å². The van der Waals surface area contributed by atoms with Crippen LogP contribution >= 0.6 is 11.3 Å². The molecule has 7 heteroatoms. The van der Waals surface area contributed by atoms with E-state index < -0.39 is 0 Å². The minimum Gasteiger partial charge on any atom is -0.493 e. The number of ether oxygens (including phenoxy) is 3. The van der Waals surface area contributed by atoms with Crippen LogP contribution in [0.4, 0.5) is 0 Å². The number of hydrogen-bond donors (Lipinski definition) is 0. The summed E-state index contributed by atoms with van der Waals surface area (Å²) in [5.41, 5.74) is 1.74. The van der Waals surface area contributed by atoms with E-state index in [2.05, 4.69) is 0 Å². The molecule has 3 rings (SSSR count). The highest BCUT2D eigenvalue weighted by Gasteiger charge is 2.18. The summed E-state index contributed by atoms with van der Waals surface area (Å²) >= 11 is 1.54. The van der Waals surface area contributed by atoms with Crippen LogP contribution < -0.4 is 15.0 Å². The summed E-state index contributed by atoms with van der Waals surface area (Å²) in [5, 5.41) is 0.688. The van der Waals surface area contributed by atoms with Gasteiger partial charge in [0, 0.05) is 17.6 Å². The van der Waals surface area contributed by atoms with Gasteiger partial charge in [-0.1, -0.05) is 0 Å². The van der Waals surface area contributed by atoms with Crippen LogP contribution in [-0.2, 0) is 11.3 Å². The molecule has 6 nitrogen and oxygen atoms in total. The summed E-state index contributed by atoms with van der Waals surface area (Å²) in [6, 6.07) is 5.53. The van der Waals surface area contributed by atoms with Crippen molar-refractivity contribution in [2.75, 3.05) is 27.9 Å². The molecular weight excluding hydrogens is 352 g/mol. The van der Waals surface area contributed by atoms with Gasteiger partial charge in [-0.25, -0.2) is 4.98 Å². The Balaban J connectivity index is 2.28. The molecule has 2 heterocycles. The normalized spacial score (nSPS) is 11.1. The quantitative estimate of drug-likeness (QED) is 0.662.